The second kappa shape index (κ2) is 5.35. The van der Waals surface area contributed by atoms with E-state index in [9.17, 15) is 14.0 Å². The van der Waals surface area contributed by atoms with E-state index in [-0.39, 0.29) is 16.3 Å². The third kappa shape index (κ3) is 2.98. The molecular formula is C12H12ClFO4. The Kier molecular flexibility index (Phi) is 4.29. The summed E-state index contributed by atoms with van der Waals surface area (Å²) in [6, 6.07) is 2.09. The first-order chi connectivity index (χ1) is 8.31. The number of esters is 1. The third-order valence-corrected chi connectivity index (χ3v) is 2.51. The molecule has 6 heteroatoms. The van der Waals surface area contributed by atoms with Gasteiger partial charge in [-0.1, -0.05) is 11.6 Å². The lowest BCUT2D eigenvalue weighted by molar-refractivity contribution is -0.156. The molecule has 0 bridgehead atoms. The predicted octanol–water partition coefficient (Wildman–Crippen LogP) is 2.62. The molecule has 0 saturated heterocycles. The third-order valence-electron chi connectivity index (χ3n) is 2.22. The molecule has 1 aromatic carbocycles. The molecule has 4 nitrogen and oxygen atoms in total. The monoisotopic (exact) mass is 274 g/mol. The normalized spacial score (nSPS) is 10.9. The molecule has 0 amide bonds. The number of carbonyl (C=O) groups excluding carboxylic acids is 2. The van der Waals surface area contributed by atoms with Gasteiger partial charge in [-0.05, 0) is 19.9 Å². The van der Waals surface area contributed by atoms with Crippen LogP contribution in [0.4, 0.5) is 4.39 Å². The van der Waals surface area contributed by atoms with E-state index in [1.165, 1.54) is 21.0 Å². The van der Waals surface area contributed by atoms with Gasteiger partial charge in [0.2, 0.25) is 0 Å². The summed E-state index contributed by atoms with van der Waals surface area (Å²) < 4.78 is 23.2. The molecule has 0 radical (unpaired) electrons. The number of benzene rings is 1. The van der Waals surface area contributed by atoms with E-state index in [0.29, 0.717) is 6.29 Å². The number of halogens is 2. The zero-order chi connectivity index (χ0) is 13.9. The quantitative estimate of drug-likeness (QED) is 0.626. The van der Waals surface area contributed by atoms with Crippen molar-refractivity contribution in [2.45, 2.75) is 19.4 Å². The van der Waals surface area contributed by atoms with E-state index in [2.05, 4.69) is 4.74 Å². The average molecular weight is 275 g/mol. The van der Waals surface area contributed by atoms with Crippen molar-refractivity contribution in [1.29, 1.82) is 0 Å². The van der Waals surface area contributed by atoms with Crippen LogP contribution in [0.1, 0.15) is 24.2 Å². The molecule has 1 rings (SSSR count). The van der Waals surface area contributed by atoms with E-state index < -0.39 is 17.4 Å². The van der Waals surface area contributed by atoms with Gasteiger partial charge in [-0.2, -0.15) is 0 Å². The minimum Gasteiger partial charge on any atom is -0.475 e. The van der Waals surface area contributed by atoms with Gasteiger partial charge in [-0.15, -0.1) is 0 Å². The Hall–Kier alpha value is -1.62. The van der Waals surface area contributed by atoms with E-state index in [1.54, 1.807) is 0 Å². The number of hydrogen-bond acceptors (Lipinski definition) is 4. The lowest BCUT2D eigenvalue weighted by atomic mass is 10.1. The number of rotatable bonds is 4. The van der Waals surface area contributed by atoms with Gasteiger partial charge in [-0.3, -0.25) is 4.79 Å². The molecule has 1 aromatic rings. The van der Waals surface area contributed by atoms with Gasteiger partial charge in [0.1, 0.15) is 11.6 Å². The van der Waals surface area contributed by atoms with Gasteiger partial charge < -0.3 is 9.47 Å². The summed E-state index contributed by atoms with van der Waals surface area (Å²) in [5.41, 5.74) is -1.29. The van der Waals surface area contributed by atoms with Crippen molar-refractivity contribution in [3.8, 4) is 5.75 Å². The maximum absolute atomic E-state index is 13.3. The Morgan fingerprint density at radius 1 is 1.44 bits per heavy atom. The molecule has 0 spiro atoms. The van der Waals surface area contributed by atoms with Crippen LogP contribution in [-0.2, 0) is 9.53 Å². The van der Waals surface area contributed by atoms with Gasteiger partial charge >= 0.3 is 5.97 Å². The molecule has 0 aliphatic carbocycles. The first-order valence-corrected chi connectivity index (χ1v) is 5.41. The number of carbonyl (C=O) groups is 2. The highest BCUT2D eigenvalue weighted by Crippen LogP contribution is 2.28. The molecule has 0 fully saturated rings. The molecule has 0 aliphatic heterocycles. The van der Waals surface area contributed by atoms with Crippen molar-refractivity contribution in [2.75, 3.05) is 7.11 Å². The topological polar surface area (TPSA) is 52.6 Å². The Balaban J connectivity index is 3.14. The lowest BCUT2D eigenvalue weighted by Crippen LogP contribution is -2.39. The molecule has 0 unspecified atom stereocenters. The summed E-state index contributed by atoms with van der Waals surface area (Å²) in [7, 11) is 1.20. The smallest absolute Gasteiger partial charge is 0.349 e. The highest BCUT2D eigenvalue weighted by molar-refractivity contribution is 6.31. The van der Waals surface area contributed by atoms with Gasteiger partial charge in [0.15, 0.2) is 11.9 Å². The summed E-state index contributed by atoms with van der Waals surface area (Å²) in [5, 5.41) is -0.194. The Bertz CT molecular complexity index is 485. The van der Waals surface area contributed by atoms with Crippen molar-refractivity contribution in [3.63, 3.8) is 0 Å². The van der Waals surface area contributed by atoms with Crippen molar-refractivity contribution in [3.05, 3.63) is 28.5 Å². The zero-order valence-electron chi connectivity index (χ0n) is 10.1. The number of methoxy groups -OCH3 is 1. The molecule has 0 atom stereocenters. The van der Waals surface area contributed by atoms with Crippen LogP contribution < -0.4 is 4.74 Å². The van der Waals surface area contributed by atoms with Gasteiger partial charge in [0, 0.05) is 6.07 Å². The largest absolute Gasteiger partial charge is 0.475 e. The fourth-order valence-corrected chi connectivity index (χ4v) is 1.46. The first kappa shape index (κ1) is 14.4. The summed E-state index contributed by atoms with van der Waals surface area (Å²) in [6.45, 7) is 2.89. The molecule has 18 heavy (non-hydrogen) atoms. The van der Waals surface area contributed by atoms with E-state index in [4.69, 9.17) is 16.3 Å². The van der Waals surface area contributed by atoms with Crippen LogP contribution in [0, 0.1) is 5.82 Å². The predicted molar refractivity (Wildman–Crippen MR) is 63.5 cm³/mol. The highest BCUT2D eigenvalue weighted by Gasteiger charge is 2.32. The maximum Gasteiger partial charge on any atom is 0.349 e. The maximum atomic E-state index is 13.3. The second-order valence-corrected chi connectivity index (χ2v) is 4.43. The SMILES string of the molecule is COC(=O)C(C)(C)Oc1cc(F)c(Cl)cc1C=O. The second-order valence-electron chi connectivity index (χ2n) is 4.03. The lowest BCUT2D eigenvalue weighted by Gasteiger charge is -2.24. The summed E-state index contributed by atoms with van der Waals surface area (Å²) >= 11 is 5.54. The fraction of sp³-hybridized carbons (Fsp3) is 0.333. The van der Waals surface area contributed by atoms with Crippen LogP contribution in [0.25, 0.3) is 0 Å². The molecule has 0 aromatic heterocycles. The van der Waals surface area contributed by atoms with Crippen LogP contribution in [-0.4, -0.2) is 25.0 Å². The van der Waals surface area contributed by atoms with Crippen molar-refractivity contribution >= 4 is 23.9 Å². The number of aldehydes is 1. The van der Waals surface area contributed by atoms with Gasteiger partial charge in [0.25, 0.3) is 0 Å². The van der Waals surface area contributed by atoms with Gasteiger partial charge in [0.05, 0.1) is 17.7 Å². The van der Waals surface area contributed by atoms with Crippen LogP contribution in [0.5, 0.6) is 5.75 Å². The van der Waals surface area contributed by atoms with Crippen LogP contribution in [0.2, 0.25) is 5.02 Å². The Labute approximate surface area is 109 Å². The van der Waals surface area contributed by atoms with Crippen molar-refractivity contribution in [2.24, 2.45) is 0 Å². The summed E-state index contributed by atoms with van der Waals surface area (Å²) in [5.74, 6) is -1.45. The van der Waals surface area contributed by atoms with Crippen LogP contribution in [0.15, 0.2) is 12.1 Å². The van der Waals surface area contributed by atoms with E-state index >= 15 is 0 Å². The van der Waals surface area contributed by atoms with Crippen molar-refractivity contribution in [1.82, 2.24) is 0 Å². The van der Waals surface area contributed by atoms with E-state index in [1.807, 2.05) is 0 Å². The molecule has 0 heterocycles. The Morgan fingerprint density at radius 2 is 2.06 bits per heavy atom. The molecule has 0 N–H and O–H groups in total. The first-order valence-electron chi connectivity index (χ1n) is 5.03. The summed E-state index contributed by atoms with van der Waals surface area (Å²) in [6.07, 6.45) is 0.466. The van der Waals surface area contributed by atoms with Crippen LogP contribution >= 0.6 is 11.6 Å². The molecular weight excluding hydrogens is 263 g/mol. The fourth-order valence-electron chi connectivity index (χ4n) is 1.29. The minimum absolute atomic E-state index is 0.0541. The van der Waals surface area contributed by atoms with Crippen molar-refractivity contribution < 1.29 is 23.5 Å². The van der Waals surface area contributed by atoms with E-state index in [0.717, 1.165) is 12.1 Å². The van der Waals surface area contributed by atoms with Crippen LogP contribution in [0.3, 0.4) is 0 Å². The minimum atomic E-state index is -1.34. The molecule has 98 valence electrons. The number of hydrogen-bond donors (Lipinski definition) is 0. The standard InChI is InChI=1S/C12H12ClFO4/c1-12(2,11(16)17-3)18-10-5-9(14)8(13)4-7(10)6-15/h4-6H,1-3H3. The van der Waals surface area contributed by atoms with Gasteiger partial charge in [-0.25, -0.2) is 9.18 Å². The number of ether oxygens (including phenoxy) is 2. The summed E-state index contributed by atoms with van der Waals surface area (Å²) in [4.78, 5) is 22.3. The molecule has 0 aliphatic rings. The average Bonchev–Trinajstić information content (AvgIpc) is 2.31. The molecule has 0 saturated carbocycles. The Morgan fingerprint density at radius 3 is 2.56 bits per heavy atom. The highest BCUT2D eigenvalue weighted by atomic mass is 35.5. The zero-order valence-corrected chi connectivity index (χ0v) is 10.9.